The Bertz CT molecular complexity index is 574. The molecule has 1 aromatic heterocycles. The van der Waals surface area contributed by atoms with Crippen molar-refractivity contribution in [3.05, 3.63) is 21.9 Å². The zero-order valence-corrected chi connectivity index (χ0v) is 12.5. The van der Waals surface area contributed by atoms with Gasteiger partial charge >= 0.3 is 0 Å². The van der Waals surface area contributed by atoms with Crippen molar-refractivity contribution in [2.75, 3.05) is 19.4 Å². The Morgan fingerprint density at radius 1 is 1.65 bits per heavy atom. The van der Waals surface area contributed by atoms with Crippen LogP contribution in [0.25, 0.3) is 0 Å². The Morgan fingerprint density at radius 2 is 2.45 bits per heavy atom. The fourth-order valence-corrected chi connectivity index (χ4v) is 3.33. The van der Waals surface area contributed by atoms with Crippen molar-refractivity contribution < 1.29 is 14.7 Å². The molecule has 2 heterocycles. The second-order valence-corrected chi connectivity index (χ2v) is 6.17. The number of amides is 2. The molecule has 1 fully saturated rings. The maximum atomic E-state index is 12.1. The average Bonchev–Trinajstić information content (AvgIpc) is 3.04. The highest BCUT2D eigenvalue weighted by molar-refractivity contribution is 8.14. The number of hydrogen-bond donors (Lipinski definition) is 2. The van der Waals surface area contributed by atoms with E-state index in [0.717, 1.165) is 22.2 Å². The summed E-state index contributed by atoms with van der Waals surface area (Å²) < 4.78 is 0. The summed E-state index contributed by atoms with van der Waals surface area (Å²) in [5.41, 5.74) is 0.991. The van der Waals surface area contributed by atoms with Gasteiger partial charge in [-0.15, -0.1) is 11.3 Å². The zero-order valence-electron chi connectivity index (χ0n) is 10.9. The van der Waals surface area contributed by atoms with Gasteiger partial charge < -0.3 is 15.3 Å². The van der Waals surface area contributed by atoms with Crippen LogP contribution in [0, 0.1) is 11.8 Å². The average molecular weight is 310 g/mol. The maximum absolute atomic E-state index is 12.1. The number of carbonyl (C=O) groups excluding carboxylic acids is 2. The third-order valence-electron chi connectivity index (χ3n) is 2.71. The van der Waals surface area contributed by atoms with Crippen LogP contribution in [-0.2, 0) is 11.3 Å². The number of aliphatic hydroxyl groups excluding tert-OH is 1. The molecule has 0 bridgehead atoms. The normalized spacial score (nSPS) is 17.3. The molecular formula is C13H14N2O3S2. The molecular weight excluding hydrogens is 296 g/mol. The summed E-state index contributed by atoms with van der Waals surface area (Å²) in [6, 6.07) is 1.48. The van der Waals surface area contributed by atoms with Gasteiger partial charge in [0.25, 0.3) is 5.24 Å². The van der Waals surface area contributed by atoms with Crippen LogP contribution in [0.15, 0.2) is 11.4 Å². The van der Waals surface area contributed by atoms with Gasteiger partial charge in [-0.3, -0.25) is 9.59 Å². The second-order valence-electron chi connectivity index (χ2n) is 4.27. The number of nitrogens with one attached hydrogen (secondary N) is 1. The summed E-state index contributed by atoms with van der Waals surface area (Å²) in [6.07, 6.45) is 0. The van der Waals surface area contributed by atoms with E-state index in [2.05, 4.69) is 17.2 Å². The monoisotopic (exact) mass is 310 g/mol. The minimum atomic E-state index is -0.426. The predicted octanol–water partition coefficient (Wildman–Crippen LogP) is 0.875. The second kappa shape index (κ2) is 6.79. The van der Waals surface area contributed by atoms with E-state index < -0.39 is 6.04 Å². The quantitative estimate of drug-likeness (QED) is 0.813. The van der Waals surface area contributed by atoms with Crippen molar-refractivity contribution in [1.29, 1.82) is 0 Å². The summed E-state index contributed by atoms with van der Waals surface area (Å²) in [5, 5.41) is 13.1. The smallest absolute Gasteiger partial charge is 0.279 e. The number of aliphatic hydroxyl groups is 1. The molecule has 20 heavy (non-hydrogen) atoms. The number of hydrogen-bond acceptors (Lipinski definition) is 5. The molecule has 2 rings (SSSR count). The molecule has 1 aliphatic heterocycles. The zero-order chi connectivity index (χ0) is 14.5. The standard InChI is InChI=1S/C13H14N2O3S2/c1-15(12(17)11-8-20-13(18)14-11)6-9-5-10(19-7-9)3-2-4-16/h5,7,11,16H,4,6,8H2,1H3,(H,14,18). The molecule has 0 radical (unpaired) electrons. The number of thioether (sulfide) groups is 1. The van der Waals surface area contributed by atoms with E-state index in [9.17, 15) is 9.59 Å². The van der Waals surface area contributed by atoms with Crippen molar-refractivity contribution in [2.45, 2.75) is 12.6 Å². The van der Waals surface area contributed by atoms with Crippen LogP contribution in [-0.4, -0.2) is 46.6 Å². The number of nitrogens with zero attached hydrogens (tertiary/aromatic N) is 1. The first-order chi connectivity index (χ1) is 9.60. The Hall–Kier alpha value is -1.49. The Balaban J connectivity index is 1.93. The van der Waals surface area contributed by atoms with Gasteiger partial charge in [0.05, 0.1) is 4.88 Å². The van der Waals surface area contributed by atoms with Crippen LogP contribution in [0.2, 0.25) is 0 Å². The molecule has 2 amide bonds. The van der Waals surface area contributed by atoms with Gasteiger partial charge in [-0.05, 0) is 17.0 Å². The molecule has 7 heteroatoms. The minimum Gasteiger partial charge on any atom is -0.384 e. The molecule has 0 aromatic carbocycles. The summed E-state index contributed by atoms with van der Waals surface area (Å²) in [4.78, 5) is 25.7. The van der Waals surface area contributed by atoms with Crippen molar-refractivity contribution in [2.24, 2.45) is 0 Å². The van der Waals surface area contributed by atoms with E-state index in [1.165, 1.54) is 11.3 Å². The van der Waals surface area contributed by atoms with Crippen LogP contribution in [0.5, 0.6) is 0 Å². The van der Waals surface area contributed by atoms with Crippen LogP contribution >= 0.6 is 23.1 Å². The van der Waals surface area contributed by atoms with Gasteiger partial charge in [-0.2, -0.15) is 0 Å². The molecule has 0 aliphatic carbocycles. The Kier molecular flexibility index (Phi) is 5.06. The van der Waals surface area contributed by atoms with E-state index in [1.54, 1.807) is 11.9 Å². The minimum absolute atomic E-state index is 0.0856. The van der Waals surface area contributed by atoms with Gasteiger partial charge in [0.1, 0.15) is 12.6 Å². The van der Waals surface area contributed by atoms with Gasteiger partial charge in [-0.1, -0.05) is 23.6 Å². The third kappa shape index (κ3) is 3.76. The lowest BCUT2D eigenvalue weighted by Crippen LogP contribution is -2.43. The number of thiophene rings is 1. The highest BCUT2D eigenvalue weighted by Gasteiger charge is 2.30. The van der Waals surface area contributed by atoms with Crippen molar-refractivity contribution in [1.82, 2.24) is 10.2 Å². The first kappa shape index (κ1) is 14.9. The first-order valence-electron chi connectivity index (χ1n) is 5.95. The Labute approximate surface area is 125 Å². The van der Waals surface area contributed by atoms with Crippen LogP contribution < -0.4 is 5.32 Å². The molecule has 106 valence electrons. The molecule has 1 aliphatic rings. The van der Waals surface area contributed by atoms with Gasteiger partial charge in [0.15, 0.2) is 0 Å². The summed E-state index contributed by atoms with van der Waals surface area (Å²) in [5.74, 6) is 5.82. The molecule has 0 spiro atoms. The summed E-state index contributed by atoms with van der Waals surface area (Å²) in [7, 11) is 1.72. The van der Waals surface area contributed by atoms with Crippen LogP contribution in [0.4, 0.5) is 4.79 Å². The number of rotatable bonds is 3. The topological polar surface area (TPSA) is 69.6 Å². The molecule has 1 saturated heterocycles. The third-order valence-corrected chi connectivity index (χ3v) is 4.49. The number of carbonyl (C=O) groups is 2. The Morgan fingerprint density at radius 3 is 3.10 bits per heavy atom. The molecule has 1 unspecified atom stereocenters. The molecule has 1 aromatic rings. The van der Waals surface area contributed by atoms with Crippen molar-refractivity contribution in [3.8, 4) is 11.8 Å². The van der Waals surface area contributed by atoms with Crippen molar-refractivity contribution >= 4 is 34.2 Å². The fourth-order valence-electron chi connectivity index (χ4n) is 1.79. The molecule has 2 N–H and O–H groups in total. The van der Waals surface area contributed by atoms with E-state index >= 15 is 0 Å². The molecule has 1 atom stereocenters. The highest BCUT2D eigenvalue weighted by Crippen LogP contribution is 2.18. The molecule has 0 saturated carbocycles. The number of likely N-dealkylation sites (N-methyl/N-ethyl adjacent to an activating group) is 1. The first-order valence-corrected chi connectivity index (χ1v) is 7.82. The van der Waals surface area contributed by atoms with Crippen molar-refractivity contribution in [3.63, 3.8) is 0 Å². The van der Waals surface area contributed by atoms with Gasteiger partial charge in [-0.25, -0.2) is 0 Å². The maximum Gasteiger partial charge on any atom is 0.279 e. The summed E-state index contributed by atoms with van der Waals surface area (Å²) in [6.45, 7) is 0.317. The lowest BCUT2D eigenvalue weighted by molar-refractivity contribution is -0.131. The molecule has 5 nitrogen and oxygen atoms in total. The van der Waals surface area contributed by atoms with E-state index in [0.29, 0.717) is 12.3 Å². The van der Waals surface area contributed by atoms with E-state index in [1.807, 2.05) is 11.4 Å². The lowest BCUT2D eigenvalue weighted by atomic mass is 10.2. The van der Waals surface area contributed by atoms with Gasteiger partial charge in [0, 0.05) is 19.3 Å². The largest absolute Gasteiger partial charge is 0.384 e. The van der Waals surface area contributed by atoms with E-state index in [-0.39, 0.29) is 17.8 Å². The predicted molar refractivity (Wildman–Crippen MR) is 79.5 cm³/mol. The van der Waals surface area contributed by atoms with Crippen LogP contribution in [0.3, 0.4) is 0 Å². The van der Waals surface area contributed by atoms with Crippen LogP contribution in [0.1, 0.15) is 10.4 Å². The SMILES string of the molecule is CN(Cc1csc(C#CCO)c1)C(=O)C1CSC(=O)N1. The lowest BCUT2D eigenvalue weighted by Gasteiger charge is -2.19. The fraction of sp³-hybridized carbons (Fsp3) is 0.385. The highest BCUT2D eigenvalue weighted by atomic mass is 32.2. The summed E-state index contributed by atoms with van der Waals surface area (Å²) >= 11 is 2.61. The van der Waals surface area contributed by atoms with E-state index in [4.69, 9.17) is 5.11 Å². The van der Waals surface area contributed by atoms with Gasteiger partial charge in [0.2, 0.25) is 5.91 Å².